The number of nitrogens with zero attached hydrogens (tertiary/aromatic N) is 1. The Morgan fingerprint density at radius 2 is 1.85 bits per heavy atom. The van der Waals surface area contributed by atoms with Gasteiger partial charge in [0.25, 0.3) is 0 Å². The summed E-state index contributed by atoms with van der Waals surface area (Å²) in [6, 6.07) is 8.60. The minimum absolute atomic E-state index is 0.0425. The number of aliphatic hydroxyl groups excluding tert-OH is 1. The molecule has 20 heavy (non-hydrogen) atoms. The van der Waals surface area contributed by atoms with Crippen LogP contribution in [0.25, 0.3) is 0 Å². The zero-order chi connectivity index (χ0) is 13.9. The Hall–Kier alpha value is -1.55. The molecule has 108 valence electrons. The van der Waals surface area contributed by atoms with Crippen molar-refractivity contribution in [1.29, 1.82) is 0 Å². The normalized spacial score (nSPS) is 25.9. The fourth-order valence-corrected chi connectivity index (χ4v) is 3.16. The molecule has 1 aromatic rings. The number of rotatable bonds is 1. The van der Waals surface area contributed by atoms with Gasteiger partial charge in [-0.1, -0.05) is 24.3 Å². The first-order valence-electron chi connectivity index (χ1n) is 7.52. The molecule has 0 unspecified atom stereocenters. The zero-order valence-corrected chi connectivity index (χ0v) is 11.7. The van der Waals surface area contributed by atoms with E-state index >= 15 is 0 Å². The maximum atomic E-state index is 12.3. The Bertz CT molecular complexity index is 481. The summed E-state index contributed by atoms with van der Waals surface area (Å²) < 4.78 is 0. The van der Waals surface area contributed by atoms with Crippen LogP contribution in [0.4, 0.5) is 4.79 Å². The Balaban J connectivity index is 1.56. The lowest BCUT2D eigenvalue weighted by Gasteiger charge is -2.32. The quantitative estimate of drug-likeness (QED) is 0.823. The van der Waals surface area contributed by atoms with Gasteiger partial charge in [0.05, 0.1) is 6.10 Å². The molecule has 0 spiro atoms. The third-order valence-corrected chi connectivity index (χ3v) is 4.44. The highest BCUT2D eigenvalue weighted by Crippen LogP contribution is 2.21. The van der Waals surface area contributed by atoms with Crippen LogP contribution in [0.2, 0.25) is 0 Å². The molecule has 1 aromatic carbocycles. The average Bonchev–Trinajstić information content (AvgIpc) is 2.49. The topological polar surface area (TPSA) is 52.6 Å². The smallest absolute Gasteiger partial charge is 0.317 e. The van der Waals surface area contributed by atoms with Crippen LogP contribution in [0.1, 0.15) is 36.8 Å². The highest BCUT2D eigenvalue weighted by Gasteiger charge is 2.25. The van der Waals surface area contributed by atoms with Crippen molar-refractivity contribution in [3.8, 4) is 0 Å². The van der Waals surface area contributed by atoms with Gasteiger partial charge >= 0.3 is 6.03 Å². The third kappa shape index (κ3) is 2.96. The van der Waals surface area contributed by atoms with Crippen molar-refractivity contribution in [2.75, 3.05) is 6.54 Å². The van der Waals surface area contributed by atoms with Crippen molar-refractivity contribution in [3.05, 3.63) is 35.4 Å². The lowest BCUT2D eigenvalue weighted by molar-refractivity contribution is 0.114. The van der Waals surface area contributed by atoms with E-state index < -0.39 is 0 Å². The summed E-state index contributed by atoms with van der Waals surface area (Å²) in [7, 11) is 0. The highest BCUT2D eigenvalue weighted by molar-refractivity contribution is 5.75. The first-order valence-corrected chi connectivity index (χ1v) is 7.52. The maximum absolute atomic E-state index is 12.3. The van der Waals surface area contributed by atoms with Crippen LogP contribution in [-0.2, 0) is 13.0 Å². The largest absolute Gasteiger partial charge is 0.393 e. The molecule has 1 aliphatic carbocycles. The predicted octanol–water partition coefficient (Wildman–Crippen LogP) is 2.06. The molecule has 1 saturated carbocycles. The van der Waals surface area contributed by atoms with Crippen LogP contribution in [0, 0.1) is 0 Å². The van der Waals surface area contributed by atoms with E-state index in [4.69, 9.17) is 0 Å². The molecule has 0 saturated heterocycles. The number of nitrogens with one attached hydrogen (secondary N) is 1. The van der Waals surface area contributed by atoms with Gasteiger partial charge in [0.1, 0.15) is 0 Å². The van der Waals surface area contributed by atoms with E-state index in [1.807, 2.05) is 11.0 Å². The number of carbonyl (C=O) groups excluding carboxylic acids is 1. The lowest BCUT2D eigenvalue weighted by Crippen LogP contribution is -2.47. The van der Waals surface area contributed by atoms with E-state index in [2.05, 4.69) is 23.5 Å². The summed E-state index contributed by atoms with van der Waals surface area (Å²) in [5.41, 5.74) is 2.62. The number of benzene rings is 1. The van der Waals surface area contributed by atoms with Crippen molar-refractivity contribution in [2.45, 2.75) is 50.8 Å². The van der Waals surface area contributed by atoms with E-state index in [1.165, 1.54) is 11.1 Å². The van der Waals surface area contributed by atoms with Gasteiger partial charge < -0.3 is 15.3 Å². The van der Waals surface area contributed by atoms with Crippen molar-refractivity contribution >= 4 is 6.03 Å². The van der Waals surface area contributed by atoms with E-state index in [0.717, 1.165) is 38.6 Å². The molecule has 1 aliphatic heterocycles. The molecule has 1 fully saturated rings. The van der Waals surface area contributed by atoms with Crippen molar-refractivity contribution in [3.63, 3.8) is 0 Å². The maximum Gasteiger partial charge on any atom is 0.317 e. The molecule has 3 rings (SSSR count). The predicted molar refractivity (Wildman–Crippen MR) is 77.4 cm³/mol. The van der Waals surface area contributed by atoms with Gasteiger partial charge in [-0.25, -0.2) is 4.79 Å². The number of hydrogen-bond acceptors (Lipinski definition) is 2. The number of aliphatic hydroxyl groups is 1. The molecule has 2 amide bonds. The number of carbonyl (C=O) groups is 1. The number of urea groups is 1. The SMILES string of the molecule is O=C(NC1CCC(O)CC1)N1CCc2ccccc2C1. The second-order valence-corrected chi connectivity index (χ2v) is 5.90. The standard InChI is InChI=1S/C16H22N2O2/c19-15-7-5-14(6-8-15)17-16(20)18-10-9-12-3-1-2-4-13(12)11-18/h1-4,14-15,19H,5-11H2,(H,17,20). The summed E-state index contributed by atoms with van der Waals surface area (Å²) in [6.45, 7) is 1.50. The average molecular weight is 274 g/mol. The number of hydrogen-bond donors (Lipinski definition) is 2. The molecule has 2 N–H and O–H groups in total. The summed E-state index contributed by atoms with van der Waals surface area (Å²) in [5, 5.41) is 12.6. The Labute approximate surface area is 119 Å². The second kappa shape index (κ2) is 5.83. The van der Waals surface area contributed by atoms with Gasteiger partial charge in [0, 0.05) is 19.1 Å². The van der Waals surface area contributed by atoms with Crippen LogP contribution < -0.4 is 5.32 Å². The third-order valence-electron chi connectivity index (χ3n) is 4.44. The molecule has 4 nitrogen and oxygen atoms in total. The summed E-state index contributed by atoms with van der Waals surface area (Å²) in [5.74, 6) is 0. The molecule has 0 bridgehead atoms. The molecule has 1 heterocycles. The monoisotopic (exact) mass is 274 g/mol. The molecule has 0 atom stereocenters. The van der Waals surface area contributed by atoms with Gasteiger partial charge in [0.15, 0.2) is 0 Å². The van der Waals surface area contributed by atoms with E-state index in [9.17, 15) is 9.90 Å². The van der Waals surface area contributed by atoms with Gasteiger partial charge in [-0.15, -0.1) is 0 Å². The van der Waals surface area contributed by atoms with Gasteiger partial charge in [-0.2, -0.15) is 0 Å². The van der Waals surface area contributed by atoms with Crippen LogP contribution >= 0.6 is 0 Å². The Morgan fingerprint density at radius 3 is 2.60 bits per heavy atom. The number of fused-ring (bicyclic) bond motifs is 1. The highest BCUT2D eigenvalue weighted by atomic mass is 16.3. The van der Waals surface area contributed by atoms with Gasteiger partial charge in [0.2, 0.25) is 0 Å². The van der Waals surface area contributed by atoms with E-state index in [-0.39, 0.29) is 18.2 Å². The van der Waals surface area contributed by atoms with Crippen LogP contribution in [-0.4, -0.2) is 34.7 Å². The van der Waals surface area contributed by atoms with Crippen molar-refractivity contribution in [2.24, 2.45) is 0 Å². The van der Waals surface area contributed by atoms with Crippen LogP contribution in [0.15, 0.2) is 24.3 Å². The van der Waals surface area contributed by atoms with Gasteiger partial charge in [-0.3, -0.25) is 0 Å². The molecular formula is C16H22N2O2. The Kier molecular flexibility index (Phi) is 3.92. The minimum atomic E-state index is -0.176. The Morgan fingerprint density at radius 1 is 1.15 bits per heavy atom. The first kappa shape index (κ1) is 13.4. The summed E-state index contributed by atoms with van der Waals surface area (Å²) in [4.78, 5) is 14.2. The van der Waals surface area contributed by atoms with Crippen molar-refractivity contribution in [1.82, 2.24) is 10.2 Å². The van der Waals surface area contributed by atoms with E-state index in [1.54, 1.807) is 0 Å². The molecule has 0 radical (unpaired) electrons. The number of amides is 2. The zero-order valence-electron chi connectivity index (χ0n) is 11.7. The second-order valence-electron chi connectivity index (χ2n) is 5.90. The van der Waals surface area contributed by atoms with Crippen LogP contribution in [0.3, 0.4) is 0 Å². The minimum Gasteiger partial charge on any atom is -0.393 e. The molecule has 4 heteroatoms. The fourth-order valence-electron chi connectivity index (χ4n) is 3.16. The first-order chi connectivity index (χ1) is 9.72. The van der Waals surface area contributed by atoms with Gasteiger partial charge in [-0.05, 0) is 43.2 Å². The van der Waals surface area contributed by atoms with Crippen molar-refractivity contribution < 1.29 is 9.90 Å². The molecular weight excluding hydrogens is 252 g/mol. The van der Waals surface area contributed by atoms with E-state index in [0.29, 0.717) is 6.54 Å². The summed E-state index contributed by atoms with van der Waals surface area (Å²) >= 11 is 0. The summed E-state index contributed by atoms with van der Waals surface area (Å²) in [6.07, 6.45) is 4.13. The fraction of sp³-hybridized carbons (Fsp3) is 0.562. The lowest BCUT2D eigenvalue weighted by atomic mass is 9.93. The molecule has 2 aliphatic rings. The molecule has 0 aromatic heterocycles. The van der Waals surface area contributed by atoms with Crippen LogP contribution in [0.5, 0.6) is 0 Å².